The van der Waals surface area contributed by atoms with Gasteiger partial charge in [0.1, 0.15) is 4.90 Å². The lowest BCUT2D eigenvalue weighted by molar-refractivity contribution is 0.581. The van der Waals surface area contributed by atoms with Gasteiger partial charge in [-0.3, -0.25) is 4.98 Å². The molecule has 0 atom stereocenters. The van der Waals surface area contributed by atoms with Crippen LogP contribution in [0.15, 0.2) is 41.6 Å². The quantitative estimate of drug-likeness (QED) is 0.881. The Labute approximate surface area is 138 Å². The molecule has 2 aromatic rings. The van der Waals surface area contributed by atoms with E-state index in [0.29, 0.717) is 16.5 Å². The minimum absolute atomic E-state index is 0.0473. The molecule has 1 aromatic carbocycles. The highest BCUT2D eigenvalue weighted by molar-refractivity contribution is 7.89. The van der Waals surface area contributed by atoms with Crippen LogP contribution in [0.4, 0.5) is 0 Å². The van der Waals surface area contributed by atoms with Gasteiger partial charge >= 0.3 is 0 Å². The Morgan fingerprint density at radius 1 is 1.10 bits per heavy atom. The van der Waals surface area contributed by atoms with E-state index >= 15 is 0 Å². The highest BCUT2D eigenvalue weighted by Gasteiger charge is 2.17. The first-order valence-electron chi connectivity index (χ1n) is 5.93. The van der Waals surface area contributed by atoms with Crippen LogP contribution in [0.1, 0.15) is 5.56 Å². The van der Waals surface area contributed by atoms with E-state index in [1.807, 2.05) is 0 Å². The van der Waals surface area contributed by atoms with Gasteiger partial charge in [-0.25, -0.2) is 13.1 Å². The summed E-state index contributed by atoms with van der Waals surface area (Å²) in [6.07, 6.45) is 3.07. The van der Waals surface area contributed by atoms with Crippen LogP contribution in [-0.2, 0) is 16.4 Å². The van der Waals surface area contributed by atoms with Crippen LogP contribution in [0.3, 0.4) is 0 Å². The third kappa shape index (κ3) is 4.31. The maximum Gasteiger partial charge on any atom is 0.243 e. The number of nitrogens with zero attached hydrogens (tertiary/aromatic N) is 1. The third-order valence-electron chi connectivity index (χ3n) is 2.73. The SMILES string of the molecule is O=S(=O)(NCCc1ccc(Cl)cc1Cl)c1cnccc1Cl. The summed E-state index contributed by atoms with van der Waals surface area (Å²) >= 11 is 17.7. The first-order valence-corrected chi connectivity index (χ1v) is 8.55. The Kier molecular flexibility index (Phi) is 5.46. The number of halogens is 3. The number of sulfonamides is 1. The van der Waals surface area contributed by atoms with Gasteiger partial charge in [-0.05, 0) is 30.2 Å². The Bertz CT molecular complexity index is 751. The van der Waals surface area contributed by atoms with Gasteiger partial charge in [-0.2, -0.15) is 0 Å². The molecular weight excluding hydrogens is 355 g/mol. The van der Waals surface area contributed by atoms with Crippen molar-refractivity contribution in [2.75, 3.05) is 6.54 Å². The zero-order valence-electron chi connectivity index (χ0n) is 10.7. The van der Waals surface area contributed by atoms with Crippen LogP contribution in [0, 0.1) is 0 Å². The summed E-state index contributed by atoms with van der Waals surface area (Å²) < 4.78 is 26.6. The van der Waals surface area contributed by atoms with Crippen molar-refractivity contribution in [1.29, 1.82) is 0 Å². The van der Waals surface area contributed by atoms with Crippen molar-refractivity contribution >= 4 is 44.8 Å². The minimum Gasteiger partial charge on any atom is -0.263 e. The second-order valence-corrected chi connectivity index (χ2v) is 7.18. The highest BCUT2D eigenvalue weighted by atomic mass is 35.5. The molecule has 1 heterocycles. The number of pyridine rings is 1. The second kappa shape index (κ2) is 6.94. The molecule has 21 heavy (non-hydrogen) atoms. The molecule has 0 aliphatic carbocycles. The van der Waals surface area contributed by atoms with E-state index in [1.165, 1.54) is 18.5 Å². The summed E-state index contributed by atoms with van der Waals surface area (Å²) in [5.74, 6) is 0. The summed E-state index contributed by atoms with van der Waals surface area (Å²) in [5, 5.41) is 1.16. The van der Waals surface area contributed by atoms with Crippen molar-refractivity contribution in [3.63, 3.8) is 0 Å². The summed E-state index contributed by atoms with van der Waals surface area (Å²) in [7, 11) is -3.70. The normalized spacial score (nSPS) is 11.6. The van der Waals surface area contributed by atoms with Crippen molar-refractivity contribution in [3.05, 3.63) is 57.3 Å². The number of aromatic nitrogens is 1. The van der Waals surface area contributed by atoms with Gasteiger partial charge in [0.2, 0.25) is 10.0 Å². The van der Waals surface area contributed by atoms with Gasteiger partial charge in [-0.1, -0.05) is 40.9 Å². The van der Waals surface area contributed by atoms with Crippen LogP contribution in [-0.4, -0.2) is 19.9 Å². The number of rotatable bonds is 5. The van der Waals surface area contributed by atoms with Crippen molar-refractivity contribution in [1.82, 2.24) is 9.71 Å². The summed E-state index contributed by atoms with van der Waals surface area (Å²) in [6.45, 7) is 0.189. The molecule has 0 bridgehead atoms. The lowest BCUT2D eigenvalue weighted by Crippen LogP contribution is -2.26. The monoisotopic (exact) mass is 364 g/mol. The molecule has 0 radical (unpaired) electrons. The number of nitrogens with one attached hydrogen (secondary N) is 1. The zero-order valence-corrected chi connectivity index (χ0v) is 13.8. The van der Waals surface area contributed by atoms with Crippen molar-refractivity contribution in [3.8, 4) is 0 Å². The van der Waals surface area contributed by atoms with Crippen LogP contribution in [0.5, 0.6) is 0 Å². The van der Waals surface area contributed by atoms with Gasteiger partial charge in [0.05, 0.1) is 5.02 Å². The molecule has 0 saturated carbocycles. The molecular formula is C13H11Cl3N2O2S. The molecule has 112 valence electrons. The summed E-state index contributed by atoms with van der Waals surface area (Å²) in [5.41, 5.74) is 0.807. The van der Waals surface area contributed by atoms with Gasteiger partial charge in [0.25, 0.3) is 0 Å². The van der Waals surface area contributed by atoms with Crippen molar-refractivity contribution < 1.29 is 8.42 Å². The van der Waals surface area contributed by atoms with E-state index in [-0.39, 0.29) is 16.5 Å². The minimum atomic E-state index is -3.70. The molecule has 1 N–H and O–H groups in total. The summed E-state index contributed by atoms with van der Waals surface area (Å²) in [6, 6.07) is 6.50. The van der Waals surface area contributed by atoms with E-state index in [2.05, 4.69) is 9.71 Å². The maximum absolute atomic E-state index is 12.1. The molecule has 0 aliphatic rings. The Morgan fingerprint density at radius 3 is 2.52 bits per heavy atom. The molecule has 0 fully saturated rings. The Balaban J connectivity index is 2.04. The molecule has 0 amide bonds. The third-order valence-corrected chi connectivity index (χ3v) is 5.24. The molecule has 1 aromatic heterocycles. The van der Waals surface area contributed by atoms with Crippen LogP contribution < -0.4 is 4.72 Å². The van der Waals surface area contributed by atoms with Crippen molar-refractivity contribution in [2.24, 2.45) is 0 Å². The maximum atomic E-state index is 12.1. The number of hydrogen-bond acceptors (Lipinski definition) is 3. The van der Waals surface area contributed by atoms with E-state index in [4.69, 9.17) is 34.8 Å². The van der Waals surface area contributed by atoms with E-state index in [1.54, 1.807) is 18.2 Å². The molecule has 8 heteroatoms. The smallest absolute Gasteiger partial charge is 0.243 e. The first-order chi connectivity index (χ1) is 9.90. The van der Waals surface area contributed by atoms with Gasteiger partial charge < -0.3 is 0 Å². The van der Waals surface area contributed by atoms with E-state index < -0.39 is 10.0 Å². The van der Waals surface area contributed by atoms with Gasteiger partial charge in [0, 0.05) is 29.0 Å². The molecule has 2 rings (SSSR count). The zero-order chi connectivity index (χ0) is 15.5. The number of benzene rings is 1. The van der Waals surface area contributed by atoms with Gasteiger partial charge in [0.15, 0.2) is 0 Å². The molecule has 0 spiro atoms. The van der Waals surface area contributed by atoms with Crippen LogP contribution in [0.2, 0.25) is 15.1 Å². The lowest BCUT2D eigenvalue weighted by atomic mass is 10.1. The van der Waals surface area contributed by atoms with E-state index in [9.17, 15) is 8.42 Å². The summed E-state index contributed by atoms with van der Waals surface area (Å²) in [4.78, 5) is 3.72. The average molecular weight is 366 g/mol. The highest BCUT2D eigenvalue weighted by Crippen LogP contribution is 2.22. The fourth-order valence-electron chi connectivity index (χ4n) is 1.68. The standard InChI is InChI=1S/C13H11Cl3N2O2S/c14-10-2-1-9(12(16)7-10)3-6-18-21(19,20)13-8-17-5-4-11(13)15/h1-2,4-5,7-8,18H,3,6H2. The molecule has 0 aliphatic heterocycles. The fourth-order valence-corrected chi connectivity index (χ4v) is 3.65. The van der Waals surface area contributed by atoms with Crippen molar-refractivity contribution in [2.45, 2.75) is 11.3 Å². The molecule has 0 unspecified atom stereocenters. The first kappa shape index (κ1) is 16.5. The average Bonchev–Trinajstić information content (AvgIpc) is 2.41. The predicted molar refractivity (Wildman–Crippen MR) is 84.6 cm³/mol. The Hall–Kier alpha value is -0.850. The van der Waals surface area contributed by atoms with Crippen LogP contribution >= 0.6 is 34.8 Å². The fraction of sp³-hybridized carbons (Fsp3) is 0.154. The predicted octanol–water partition coefficient (Wildman–Crippen LogP) is 3.56. The van der Waals surface area contributed by atoms with E-state index in [0.717, 1.165) is 5.56 Å². The largest absolute Gasteiger partial charge is 0.263 e. The van der Waals surface area contributed by atoms with Crippen LogP contribution in [0.25, 0.3) is 0 Å². The second-order valence-electron chi connectivity index (χ2n) is 4.19. The van der Waals surface area contributed by atoms with Gasteiger partial charge in [-0.15, -0.1) is 0 Å². The number of hydrogen-bond donors (Lipinski definition) is 1. The Morgan fingerprint density at radius 2 is 1.86 bits per heavy atom. The lowest BCUT2D eigenvalue weighted by Gasteiger charge is -2.08. The molecule has 4 nitrogen and oxygen atoms in total. The topological polar surface area (TPSA) is 59.1 Å². The molecule has 0 saturated heterocycles.